The minimum absolute atomic E-state index is 0.0275. The summed E-state index contributed by atoms with van der Waals surface area (Å²) in [6, 6.07) is 14.6. The highest BCUT2D eigenvalue weighted by Crippen LogP contribution is 2.45. The maximum atomic E-state index is 13.4. The zero-order valence-corrected chi connectivity index (χ0v) is 17.4. The third-order valence-electron chi connectivity index (χ3n) is 5.95. The van der Waals surface area contributed by atoms with Crippen LogP contribution in [-0.4, -0.2) is 52.0 Å². The van der Waals surface area contributed by atoms with Crippen LogP contribution in [0.15, 0.2) is 48.5 Å². The fourth-order valence-corrected chi connectivity index (χ4v) is 4.53. The van der Waals surface area contributed by atoms with Gasteiger partial charge in [-0.05, 0) is 49.6 Å². The first-order valence-corrected chi connectivity index (χ1v) is 10.7. The van der Waals surface area contributed by atoms with Crippen molar-refractivity contribution in [1.29, 1.82) is 0 Å². The number of hydrogen-bond donors (Lipinski definition) is 2. The molecule has 7 heteroatoms. The van der Waals surface area contributed by atoms with E-state index in [4.69, 9.17) is 9.47 Å². The number of carbonyl (C=O) groups is 1. The summed E-state index contributed by atoms with van der Waals surface area (Å²) in [5.41, 5.74) is 3.41. The number of para-hydroxylation sites is 1. The minimum Gasteiger partial charge on any atom is -0.507 e. The molecule has 2 aliphatic heterocycles. The van der Waals surface area contributed by atoms with Gasteiger partial charge in [-0.1, -0.05) is 24.3 Å². The summed E-state index contributed by atoms with van der Waals surface area (Å²) in [6.45, 7) is 3.79. The number of aromatic hydroxyl groups is 1. The van der Waals surface area contributed by atoms with Crippen molar-refractivity contribution in [3.05, 3.63) is 65.4 Å². The molecule has 2 aliphatic rings. The molecule has 160 valence electrons. The van der Waals surface area contributed by atoms with Crippen LogP contribution in [0.2, 0.25) is 0 Å². The van der Waals surface area contributed by atoms with Crippen molar-refractivity contribution in [2.24, 2.45) is 0 Å². The van der Waals surface area contributed by atoms with Crippen LogP contribution in [0.3, 0.4) is 0 Å². The largest absolute Gasteiger partial charge is 0.507 e. The van der Waals surface area contributed by atoms with Crippen molar-refractivity contribution in [3.8, 4) is 22.8 Å². The van der Waals surface area contributed by atoms with Crippen molar-refractivity contribution in [1.82, 2.24) is 15.1 Å². The van der Waals surface area contributed by atoms with E-state index >= 15 is 0 Å². The molecule has 1 amide bonds. The van der Waals surface area contributed by atoms with Crippen LogP contribution in [0.25, 0.3) is 11.3 Å². The molecule has 1 aromatic heterocycles. The molecule has 0 saturated carbocycles. The molecule has 2 atom stereocenters. The van der Waals surface area contributed by atoms with Gasteiger partial charge in [-0.3, -0.25) is 9.89 Å². The highest BCUT2D eigenvalue weighted by atomic mass is 16.5. The molecular formula is C24H25N3O4. The van der Waals surface area contributed by atoms with Gasteiger partial charge in [0.25, 0.3) is 5.91 Å². The van der Waals surface area contributed by atoms with E-state index < -0.39 is 0 Å². The van der Waals surface area contributed by atoms with E-state index in [2.05, 4.69) is 10.2 Å². The molecule has 0 radical (unpaired) electrons. The Kier molecular flexibility index (Phi) is 5.11. The first kappa shape index (κ1) is 19.6. The van der Waals surface area contributed by atoms with E-state index in [1.54, 1.807) is 12.1 Å². The maximum absolute atomic E-state index is 13.4. The molecule has 31 heavy (non-hydrogen) atoms. The molecule has 7 nitrogen and oxygen atoms in total. The quantitative estimate of drug-likeness (QED) is 0.633. The number of amides is 1. The second-order valence-corrected chi connectivity index (χ2v) is 7.88. The average molecular weight is 419 g/mol. The molecule has 1 saturated heterocycles. The lowest BCUT2D eigenvalue weighted by atomic mass is 9.95. The monoisotopic (exact) mass is 419 g/mol. The van der Waals surface area contributed by atoms with Gasteiger partial charge < -0.3 is 19.5 Å². The summed E-state index contributed by atoms with van der Waals surface area (Å²) < 4.78 is 11.4. The first-order valence-electron chi connectivity index (χ1n) is 10.7. The van der Waals surface area contributed by atoms with Gasteiger partial charge >= 0.3 is 0 Å². The Labute approximate surface area is 180 Å². The standard InChI is InChI=1S/C24H25N3O4/c1-2-30-16-11-9-15(10-12-16)23-20-21(18-7-3-4-8-19(18)28)25-26-22(20)24(29)27(23)14-17-6-5-13-31-17/h3-4,7-12,17,23,28H,2,5-6,13-14H2,1H3,(H,25,26)/t17-,23+/m1/s1. The molecule has 2 N–H and O–H groups in total. The molecule has 0 spiro atoms. The van der Waals surface area contributed by atoms with Gasteiger partial charge in [0.05, 0.1) is 18.8 Å². The molecule has 1 fully saturated rings. The number of phenolic OH excluding ortho intramolecular Hbond substituents is 1. The number of H-pyrrole nitrogens is 1. The van der Waals surface area contributed by atoms with Crippen molar-refractivity contribution >= 4 is 5.91 Å². The number of carbonyl (C=O) groups excluding carboxylic acids is 1. The number of rotatable bonds is 6. The van der Waals surface area contributed by atoms with E-state index in [0.29, 0.717) is 30.1 Å². The normalized spacial score (nSPS) is 20.3. The lowest BCUT2D eigenvalue weighted by molar-refractivity contribution is 0.0495. The van der Waals surface area contributed by atoms with E-state index in [1.165, 1.54) is 0 Å². The maximum Gasteiger partial charge on any atom is 0.273 e. The van der Waals surface area contributed by atoms with Crippen LogP contribution >= 0.6 is 0 Å². The van der Waals surface area contributed by atoms with Crippen molar-refractivity contribution in [3.63, 3.8) is 0 Å². The third kappa shape index (κ3) is 3.45. The lowest BCUT2D eigenvalue weighted by Gasteiger charge is -2.28. The summed E-state index contributed by atoms with van der Waals surface area (Å²) in [5, 5.41) is 17.8. The number of phenols is 1. The van der Waals surface area contributed by atoms with Gasteiger partial charge in [-0.2, -0.15) is 5.10 Å². The van der Waals surface area contributed by atoms with Crippen molar-refractivity contribution in [2.75, 3.05) is 19.8 Å². The summed E-state index contributed by atoms with van der Waals surface area (Å²) in [7, 11) is 0. The van der Waals surface area contributed by atoms with E-state index in [1.807, 2.05) is 48.2 Å². The summed E-state index contributed by atoms with van der Waals surface area (Å²) >= 11 is 0. The third-order valence-corrected chi connectivity index (χ3v) is 5.95. The predicted molar refractivity (Wildman–Crippen MR) is 115 cm³/mol. The Morgan fingerprint density at radius 1 is 1.23 bits per heavy atom. The number of fused-ring (bicyclic) bond motifs is 1. The zero-order chi connectivity index (χ0) is 21.4. The molecule has 3 aromatic rings. The number of benzene rings is 2. The smallest absolute Gasteiger partial charge is 0.273 e. The first-order chi connectivity index (χ1) is 15.2. The number of nitrogens with zero attached hydrogens (tertiary/aromatic N) is 2. The van der Waals surface area contributed by atoms with E-state index in [0.717, 1.165) is 36.3 Å². The highest BCUT2D eigenvalue weighted by molar-refractivity contribution is 6.00. The van der Waals surface area contributed by atoms with Crippen LogP contribution in [-0.2, 0) is 4.74 Å². The number of aromatic nitrogens is 2. The van der Waals surface area contributed by atoms with Gasteiger partial charge in [-0.15, -0.1) is 0 Å². The molecule has 0 bridgehead atoms. The van der Waals surface area contributed by atoms with Gasteiger partial charge in [0, 0.05) is 24.3 Å². The van der Waals surface area contributed by atoms with Gasteiger partial charge in [0.2, 0.25) is 0 Å². The number of aromatic amines is 1. The van der Waals surface area contributed by atoms with Crippen LogP contribution in [0.4, 0.5) is 0 Å². The number of hydrogen-bond acceptors (Lipinski definition) is 5. The Hall–Kier alpha value is -3.32. The molecule has 5 rings (SSSR count). The molecule has 3 heterocycles. The Morgan fingerprint density at radius 2 is 2.03 bits per heavy atom. The van der Waals surface area contributed by atoms with Gasteiger partial charge in [-0.25, -0.2) is 0 Å². The van der Waals surface area contributed by atoms with E-state index in [9.17, 15) is 9.90 Å². The highest BCUT2D eigenvalue weighted by Gasteiger charge is 2.43. The van der Waals surface area contributed by atoms with E-state index in [-0.39, 0.29) is 23.8 Å². The Bertz CT molecular complexity index is 1090. The summed E-state index contributed by atoms with van der Waals surface area (Å²) in [4.78, 5) is 15.2. The molecule has 2 aromatic carbocycles. The van der Waals surface area contributed by atoms with Crippen molar-refractivity contribution < 1.29 is 19.4 Å². The number of nitrogens with one attached hydrogen (secondary N) is 1. The van der Waals surface area contributed by atoms with Crippen LogP contribution in [0, 0.1) is 0 Å². The second-order valence-electron chi connectivity index (χ2n) is 7.88. The van der Waals surface area contributed by atoms with Crippen molar-refractivity contribution in [2.45, 2.75) is 31.9 Å². The molecular weight excluding hydrogens is 394 g/mol. The molecule has 0 aliphatic carbocycles. The fourth-order valence-electron chi connectivity index (χ4n) is 4.53. The predicted octanol–water partition coefficient (Wildman–Crippen LogP) is 3.91. The number of ether oxygens (including phenoxy) is 2. The minimum atomic E-state index is -0.323. The Balaban J connectivity index is 1.60. The molecule has 0 unspecified atom stereocenters. The average Bonchev–Trinajstić information content (AvgIpc) is 3.50. The Morgan fingerprint density at radius 3 is 2.74 bits per heavy atom. The lowest BCUT2D eigenvalue weighted by Crippen LogP contribution is -2.36. The SMILES string of the molecule is CCOc1ccc([C@H]2c3c(-c4ccccc4O)n[nH]c3C(=O)N2C[C@H]2CCCO2)cc1. The van der Waals surface area contributed by atoms with Gasteiger partial charge in [0.15, 0.2) is 0 Å². The fraction of sp³-hybridized carbons (Fsp3) is 0.333. The van der Waals surface area contributed by atoms with Crippen LogP contribution in [0.1, 0.15) is 47.4 Å². The summed E-state index contributed by atoms with van der Waals surface area (Å²) in [5.74, 6) is 0.820. The van der Waals surface area contributed by atoms with Crippen LogP contribution in [0.5, 0.6) is 11.5 Å². The topological polar surface area (TPSA) is 87.7 Å². The van der Waals surface area contributed by atoms with Crippen LogP contribution < -0.4 is 4.74 Å². The van der Waals surface area contributed by atoms with Gasteiger partial charge in [0.1, 0.15) is 22.9 Å². The zero-order valence-electron chi connectivity index (χ0n) is 17.4. The second kappa shape index (κ2) is 8.07. The summed E-state index contributed by atoms with van der Waals surface area (Å²) in [6.07, 6.45) is 1.98.